The molecule has 1 aliphatic heterocycles. The highest BCUT2D eigenvalue weighted by molar-refractivity contribution is 6.34. The Kier molecular flexibility index (Phi) is 8.09. The van der Waals surface area contributed by atoms with Crippen molar-refractivity contribution in [2.24, 2.45) is 0 Å². The maximum absolute atomic E-state index is 16.0. The summed E-state index contributed by atoms with van der Waals surface area (Å²) in [6.45, 7) is 0.851. The largest absolute Gasteiger partial charge is 0.507 e. The molecule has 1 saturated heterocycles. The van der Waals surface area contributed by atoms with Gasteiger partial charge in [-0.2, -0.15) is 4.98 Å². The lowest BCUT2D eigenvalue weighted by atomic mass is 10.0. The van der Waals surface area contributed by atoms with Crippen molar-refractivity contribution in [1.29, 1.82) is 0 Å². The highest BCUT2D eigenvalue weighted by atomic mass is 35.5. The second-order valence-corrected chi connectivity index (χ2v) is 8.89. The molecule has 3 aromatic rings. The molecular formula is C24H25ClF2N6O5. The minimum atomic E-state index is -2.13. The van der Waals surface area contributed by atoms with Gasteiger partial charge in [0.05, 0.1) is 10.6 Å². The molecule has 2 heterocycles. The van der Waals surface area contributed by atoms with Gasteiger partial charge in [-0.25, -0.2) is 13.8 Å². The van der Waals surface area contributed by atoms with Crippen LogP contribution < -0.4 is 15.5 Å². The van der Waals surface area contributed by atoms with Crippen molar-refractivity contribution in [2.45, 2.75) is 12.7 Å². The first-order chi connectivity index (χ1) is 18.1. The first kappa shape index (κ1) is 27.2. The van der Waals surface area contributed by atoms with Crippen LogP contribution in [0.15, 0.2) is 24.3 Å². The van der Waals surface area contributed by atoms with E-state index in [1.165, 1.54) is 30.1 Å². The third-order valence-electron chi connectivity index (χ3n) is 6.13. The SMILES string of the molecule is CNC(=O)CCNc1nc(N2CCN(C(=O)C(O)O)CC2)c2cc(Cl)c(-c3c(O)cccc3F)c(F)c2n1. The number of nitrogens with one attached hydrogen (secondary N) is 2. The zero-order valence-corrected chi connectivity index (χ0v) is 21.0. The lowest BCUT2D eigenvalue weighted by Gasteiger charge is -2.36. The first-order valence-electron chi connectivity index (χ1n) is 11.6. The maximum Gasteiger partial charge on any atom is 0.279 e. The van der Waals surface area contributed by atoms with Crippen molar-refractivity contribution in [3.05, 3.63) is 40.9 Å². The van der Waals surface area contributed by atoms with E-state index in [2.05, 4.69) is 20.6 Å². The zero-order chi connectivity index (χ0) is 27.6. The molecule has 1 aromatic heterocycles. The Morgan fingerprint density at radius 1 is 1.13 bits per heavy atom. The van der Waals surface area contributed by atoms with Gasteiger partial charge in [0.2, 0.25) is 18.1 Å². The highest BCUT2D eigenvalue weighted by Gasteiger charge is 2.29. The molecule has 14 heteroatoms. The second-order valence-electron chi connectivity index (χ2n) is 8.48. The summed E-state index contributed by atoms with van der Waals surface area (Å²) in [7, 11) is 1.49. The molecule has 0 radical (unpaired) electrons. The summed E-state index contributed by atoms with van der Waals surface area (Å²) in [4.78, 5) is 35.3. The average molecular weight is 551 g/mol. The molecule has 2 aromatic carbocycles. The van der Waals surface area contributed by atoms with Gasteiger partial charge in [0.1, 0.15) is 22.9 Å². The molecule has 0 spiro atoms. The molecule has 38 heavy (non-hydrogen) atoms. The van der Waals surface area contributed by atoms with Crippen LogP contribution in [0, 0.1) is 11.6 Å². The summed E-state index contributed by atoms with van der Waals surface area (Å²) in [6, 6.07) is 4.92. The topological polar surface area (TPSA) is 151 Å². The van der Waals surface area contributed by atoms with E-state index in [1.807, 2.05) is 0 Å². The van der Waals surface area contributed by atoms with E-state index < -0.39 is 35.1 Å². The fourth-order valence-electron chi connectivity index (χ4n) is 4.20. The number of fused-ring (bicyclic) bond motifs is 1. The predicted octanol–water partition coefficient (Wildman–Crippen LogP) is 1.44. The smallest absolute Gasteiger partial charge is 0.279 e. The van der Waals surface area contributed by atoms with Crippen LogP contribution in [-0.2, 0) is 9.59 Å². The Morgan fingerprint density at radius 3 is 2.47 bits per heavy atom. The number of aromatic nitrogens is 2. The number of anilines is 2. The van der Waals surface area contributed by atoms with Crippen LogP contribution in [0.3, 0.4) is 0 Å². The van der Waals surface area contributed by atoms with Crippen LogP contribution in [-0.4, -0.2) is 88.1 Å². The van der Waals surface area contributed by atoms with Gasteiger partial charge in [-0.15, -0.1) is 0 Å². The van der Waals surface area contributed by atoms with Crippen molar-refractivity contribution in [3.8, 4) is 16.9 Å². The molecule has 0 unspecified atom stereocenters. The van der Waals surface area contributed by atoms with Crippen LogP contribution in [0.4, 0.5) is 20.5 Å². The number of phenols is 1. The molecule has 202 valence electrons. The molecule has 1 fully saturated rings. The summed E-state index contributed by atoms with van der Waals surface area (Å²) in [6.07, 6.45) is -2.03. The average Bonchev–Trinajstić information content (AvgIpc) is 2.89. The lowest BCUT2D eigenvalue weighted by molar-refractivity contribution is -0.159. The number of halogens is 3. The molecule has 0 atom stereocenters. The third kappa shape index (κ3) is 5.39. The number of aliphatic hydroxyl groups is 2. The van der Waals surface area contributed by atoms with Gasteiger partial charge in [0.25, 0.3) is 5.91 Å². The highest BCUT2D eigenvalue weighted by Crippen LogP contribution is 2.42. The Hall–Kier alpha value is -3.81. The standard InChI is InChI=1S/C24H25ClF2N6O5/c1-28-16(35)5-6-29-24-30-20-12(21(31-24)32-7-9-33(10-8-32)22(36)23(37)38)11-13(25)17(19(20)27)18-14(26)3-2-4-15(18)34/h2-4,11,23,34,37-38H,5-10H2,1H3,(H,28,35)(H,29,30,31). The Morgan fingerprint density at radius 2 is 1.84 bits per heavy atom. The van der Waals surface area contributed by atoms with Gasteiger partial charge < -0.3 is 35.8 Å². The number of phenolic OH excluding ortho intramolecular Hbond substituents is 1. The Balaban J connectivity index is 1.80. The minimum Gasteiger partial charge on any atom is -0.507 e. The quantitative estimate of drug-likeness (QED) is 0.275. The summed E-state index contributed by atoms with van der Waals surface area (Å²) in [5.41, 5.74) is -0.993. The Bertz CT molecular complexity index is 1360. The normalized spacial score (nSPS) is 13.8. The number of hydrogen-bond donors (Lipinski definition) is 5. The second kappa shape index (κ2) is 11.3. The fourth-order valence-corrected chi connectivity index (χ4v) is 4.49. The van der Waals surface area contributed by atoms with Crippen LogP contribution in [0.2, 0.25) is 5.02 Å². The molecular weight excluding hydrogens is 526 g/mol. The summed E-state index contributed by atoms with van der Waals surface area (Å²) < 4.78 is 30.6. The number of carbonyl (C=O) groups excluding carboxylic acids is 2. The van der Waals surface area contributed by atoms with E-state index in [0.717, 1.165) is 6.07 Å². The van der Waals surface area contributed by atoms with E-state index in [1.54, 1.807) is 4.90 Å². The number of aromatic hydroxyl groups is 1. The van der Waals surface area contributed by atoms with Gasteiger partial charge in [0.15, 0.2) is 5.82 Å². The number of rotatable bonds is 7. The summed E-state index contributed by atoms with van der Waals surface area (Å²) >= 11 is 6.41. The lowest BCUT2D eigenvalue weighted by Crippen LogP contribution is -2.51. The molecule has 0 bridgehead atoms. The van der Waals surface area contributed by atoms with Crippen LogP contribution in [0.25, 0.3) is 22.0 Å². The number of amides is 2. The van der Waals surface area contributed by atoms with E-state index in [0.29, 0.717) is 0 Å². The predicted molar refractivity (Wildman–Crippen MR) is 136 cm³/mol. The van der Waals surface area contributed by atoms with E-state index in [4.69, 9.17) is 11.6 Å². The monoisotopic (exact) mass is 550 g/mol. The molecule has 5 N–H and O–H groups in total. The van der Waals surface area contributed by atoms with Crippen LogP contribution >= 0.6 is 11.6 Å². The van der Waals surface area contributed by atoms with Crippen molar-refractivity contribution < 1.29 is 33.7 Å². The Labute approximate surface area is 220 Å². The number of carbonyl (C=O) groups is 2. The van der Waals surface area contributed by atoms with Crippen LogP contribution in [0.1, 0.15) is 6.42 Å². The van der Waals surface area contributed by atoms with Gasteiger partial charge in [-0.3, -0.25) is 9.59 Å². The van der Waals surface area contributed by atoms with E-state index in [9.17, 15) is 29.3 Å². The number of benzene rings is 2. The molecule has 4 rings (SSSR count). The summed E-state index contributed by atoms with van der Waals surface area (Å²) in [5.74, 6) is -3.18. The van der Waals surface area contributed by atoms with Crippen molar-refractivity contribution in [3.63, 3.8) is 0 Å². The fraction of sp³-hybridized carbons (Fsp3) is 0.333. The zero-order valence-electron chi connectivity index (χ0n) is 20.2. The van der Waals surface area contributed by atoms with Crippen molar-refractivity contribution in [2.75, 3.05) is 50.0 Å². The number of aliphatic hydroxyl groups excluding tert-OH is 1. The molecule has 0 aliphatic carbocycles. The molecule has 1 aliphatic rings. The van der Waals surface area contributed by atoms with Crippen LogP contribution in [0.5, 0.6) is 5.75 Å². The van der Waals surface area contributed by atoms with E-state index >= 15 is 4.39 Å². The van der Waals surface area contributed by atoms with E-state index in [-0.39, 0.29) is 78.3 Å². The number of piperazine rings is 1. The van der Waals surface area contributed by atoms with Gasteiger partial charge in [0, 0.05) is 57.1 Å². The third-order valence-corrected chi connectivity index (χ3v) is 6.43. The van der Waals surface area contributed by atoms with Crippen molar-refractivity contribution >= 4 is 46.1 Å². The number of nitrogens with zero attached hydrogens (tertiary/aromatic N) is 4. The first-order valence-corrected chi connectivity index (χ1v) is 12.0. The van der Waals surface area contributed by atoms with Gasteiger partial charge >= 0.3 is 0 Å². The van der Waals surface area contributed by atoms with Crippen molar-refractivity contribution in [1.82, 2.24) is 20.2 Å². The summed E-state index contributed by atoms with van der Waals surface area (Å²) in [5, 5.41) is 34.0. The van der Waals surface area contributed by atoms with Gasteiger partial charge in [-0.1, -0.05) is 17.7 Å². The molecule has 2 amide bonds. The number of hydrogen-bond acceptors (Lipinski definition) is 9. The molecule has 11 nitrogen and oxygen atoms in total. The van der Waals surface area contributed by atoms with Gasteiger partial charge in [-0.05, 0) is 18.2 Å². The minimum absolute atomic E-state index is 0.00869. The maximum atomic E-state index is 16.0. The molecule has 0 saturated carbocycles.